The summed E-state index contributed by atoms with van der Waals surface area (Å²) in [5, 5.41) is 4.66. The minimum atomic E-state index is -0.647. The Hall–Kier alpha value is -1.92. The van der Waals surface area contributed by atoms with Crippen molar-refractivity contribution < 1.29 is 19.2 Å². The van der Waals surface area contributed by atoms with Crippen molar-refractivity contribution in [3.05, 3.63) is 0 Å². The van der Waals surface area contributed by atoms with E-state index in [4.69, 9.17) is 0 Å². The zero-order chi connectivity index (χ0) is 12.4. The van der Waals surface area contributed by atoms with E-state index in [0.29, 0.717) is 0 Å². The first-order valence-corrected chi connectivity index (χ1v) is 5.50. The molecule has 1 aliphatic carbocycles. The number of hydrogen-bond acceptors (Lipinski definition) is 4. The average Bonchev–Trinajstić information content (AvgIpc) is 3.00. The van der Waals surface area contributed by atoms with E-state index in [1.165, 1.54) is 0 Å². The standard InChI is InChI=1S/C10H13N3O4/c14-7(12-10(17)11-6-1-2-6)5-13-8(15)3-4-9(13)16/h6H,1-5H2,(H2,11,12,14,17). The van der Waals surface area contributed by atoms with E-state index in [0.717, 1.165) is 17.7 Å². The number of imide groups is 2. The van der Waals surface area contributed by atoms with E-state index in [2.05, 4.69) is 10.6 Å². The molecule has 2 N–H and O–H groups in total. The molecule has 0 bridgehead atoms. The summed E-state index contributed by atoms with van der Waals surface area (Å²) in [4.78, 5) is 45.9. The fourth-order valence-electron chi connectivity index (χ4n) is 1.56. The Morgan fingerprint density at radius 1 is 1.18 bits per heavy atom. The molecule has 2 aliphatic rings. The van der Waals surface area contributed by atoms with Gasteiger partial charge < -0.3 is 5.32 Å². The second-order valence-electron chi connectivity index (χ2n) is 4.17. The SMILES string of the molecule is O=C(CN1C(=O)CCC1=O)NC(=O)NC1CC1. The Morgan fingerprint density at radius 2 is 1.76 bits per heavy atom. The molecule has 2 rings (SSSR count). The van der Waals surface area contributed by atoms with Gasteiger partial charge in [0, 0.05) is 18.9 Å². The molecule has 0 unspecified atom stereocenters. The Labute approximate surface area is 97.5 Å². The third-order valence-electron chi connectivity index (χ3n) is 2.62. The third-order valence-corrected chi connectivity index (χ3v) is 2.62. The number of rotatable bonds is 3. The number of carbonyl (C=O) groups is 4. The summed E-state index contributed by atoms with van der Waals surface area (Å²) in [6.07, 6.45) is 2.12. The van der Waals surface area contributed by atoms with E-state index in [-0.39, 0.29) is 37.2 Å². The van der Waals surface area contributed by atoms with Crippen molar-refractivity contribution >= 4 is 23.8 Å². The number of urea groups is 1. The molecule has 0 radical (unpaired) electrons. The molecule has 7 nitrogen and oxygen atoms in total. The van der Waals surface area contributed by atoms with Crippen LogP contribution in [0.1, 0.15) is 25.7 Å². The average molecular weight is 239 g/mol. The minimum Gasteiger partial charge on any atom is -0.335 e. The molecular formula is C10H13N3O4. The van der Waals surface area contributed by atoms with Crippen LogP contribution in [0.15, 0.2) is 0 Å². The van der Waals surface area contributed by atoms with Crippen LogP contribution in [0.25, 0.3) is 0 Å². The van der Waals surface area contributed by atoms with Crippen LogP contribution in [0.5, 0.6) is 0 Å². The quantitative estimate of drug-likeness (QED) is 0.625. The lowest BCUT2D eigenvalue weighted by Crippen LogP contribution is -2.46. The van der Waals surface area contributed by atoms with Gasteiger partial charge in [-0.15, -0.1) is 0 Å². The Balaban J connectivity index is 1.77. The van der Waals surface area contributed by atoms with Gasteiger partial charge in [-0.25, -0.2) is 4.79 Å². The molecule has 1 heterocycles. The van der Waals surface area contributed by atoms with Crippen LogP contribution in [0, 0.1) is 0 Å². The molecule has 17 heavy (non-hydrogen) atoms. The Bertz CT molecular complexity index is 373. The van der Waals surface area contributed by atoms with Gasteiger partial charge in [0.2, 0.25) is 17.7 Å². The topological polar surface area (TPSA) is 95.6 Å². The molecule has 1 aliphatic heterocycles. The first-order chi connectivity index (χ1) is 8.06. The molecule has 2 fully saturated rings. The van der Waals surface area contributed by atoms with Gasteiger partial charge in [0.1, 0.15) is 6.54 Å². The molecule has 7 heteroatoms. The van der Waals surface area contributed by atoms with Crippen molar-refractivity contribution in [1.82, 2.24) is 15.5 Å². The molecular weight excluding hydrogens is 226 g/mol. The van der Waals surface area contributed by atoms with Gasteiger partial charge >= 0.3 is 6.03 Å². The molecule has 0 spiro atoms. The zero-order valence-electron chi connectivity index (χ0n) is 9.19. The summed E-state index contributed by atoms with van der Waals surface area (Å²) in [5.74, 6) is -1.38. The predicted octanol–water partition coefficient (Wildman–Crippen LogP) is -0.876. The monoisotopic (exact) mass is 239 g/mol. The van der Waals surface area contributed by atoms with E-state index in [1.54, 1.807) is 0 Å². The van der Waals surface area contributed by atoms with Crippen molar-refractivity contribution in [3.63, 3.8) is 0 Å². The number of carbonyl (C=O) groups excluding carboxylic acids is 4. The van der Waals surface area contributed by atoms with Gasteiger partial charge in [-0.05, 0) is 12.8 Å². The van der Waals surface area contributed by atoms with Gasteiger partial charge in [-0.1, -0.05) is 0 Å². The molecule has 92 valence electrons. The van der Waals surface area contributed by atoms with Crippen LogP contribution >= 0.6 is 0 Å². The number of nitrogens with one attached hydrogen (secondary N) is 2. The van der Waals surface area contributed by atoms with Gasteiger partial charge in [-0.2, -0.15) is 0 Å². The Morgan fingerprint density at radius 3 is 2.29 bits per heavy atom. The van der Waals surface area contributed by atoms with E-state index < -0.39 is 11.9 Å². The third kappa shape index (κ3) is 3.02. The maximum atomic E-state index is 11.4. The van der Waals surface area contributed by atoms with Gasteiger partial charge in [0.15, 0.2) is 0 Å². The molecule has 0 aromatic rings. The van der Waals surface area contributed by atoms with E-state index >= 15 is 0 Å². The summed E-state index contributed by atoms with van der Waals surface area (Å²) in [7, 11) is 0. The minimum absolute atomic E-state index is 0.139. The summed E-state index contributed by atoms with van der Waals surface area (Å²) in [6.45, 7) is -0.379. The van der Waals surface area contributed by atoms with E-state index in [9.17, 15) is 19.2 Å². The largest absolute Gasteiger partial charge is 0.335 e. The van der Waals surface area contributed by atoms with Crippen molar-refractivity contribution in [3.8, 4) is 0 Å². The smallest absolute Gasteiger partial charge is 0.321 e. The summed E-state index contributed by atoms with van der Waals surface area (Å²) in [5.41, 5.74) is 0. The molecule has 1 saturated carbocycles. The highest BCUT2D eigenvalue weighted by molar-refractivity contribution is 6.06. The number of hydrogen-bond donors (Lipinski definition) is 2. The van der Waals surface area contributed by atoms with Crippen LogP contribution < -0.4 is 10.6 Å². The predicted molar refractivity (Wildman–Crippen MR) is 55.7 cm³/mol. The maximum Gasteiger partial charge on any atom is 0.321 e. The van der Waals surface area contributed by atoms with Crippen LogP contribution in [0.3, 0.4) is 0 Å². The highest BCUT2D eigenvalue weighted by Gasteiger charge is 2.31. The van der Waals surface area contributed by atoms with Gasteiger partial charge in [0.05, 0.1) is 0 Å². The lowest BCUT2D eigenvalue weighted by atomic mass is 10.4. The van der Waals surface area contributed by atoms with Crippen LogP contribution in [0.4, 0.5) is 4.79 Å². The van der Waals surface area contributed by atoms with Crippen LogP contribution in [-0.2, 0) is 14.4 Å². The molecule has 0 aromatic heterocycles. The Kier molecular flexibility index (Phi) is 3.08. The van der Waals surface area contributed by atoms with Crippen molar-refractivity contribution in [2.75, 3.05) is 6.54 Å². The normalized spacial score (nSPS) is 19.4. The fourth-order valence-corrected chi connectivity index (χ4v) is 1.56. The molecule has 0 atom stereocenters. The highest BCUT2D eigenvalue weighted by atomic mass is 16.2. The first-order valence-electron chi connectivity index (χ1n) is 5.50. The number of nitrogens with zero attached hydrogens (tertiary/aromatic N) is 1. The highest BCUT2D eigenvalue weighted by Crippen LogP contribution is 2.18. The summed E-state index contributed by atoms with van der Waals surface area (Å²) < 4.78 is 0. The van der Waals surface area contributed by atoms with Crippen molar-refractivity contribution in [2.45, 2.75) is 31.7 Å². The van der Waals surface area contributed by atoms with E-state index in [1.807, 2.05) is 0 Å². The lowest BCUT2D eigenvalue weighted by molar-refractivity contribution is -0.142. The van der Waals surface area contributed by atoms with Gasteiger partial charge in [-0.3, -0.25) is 24.6 Å². The zero-order valence-corrected chi connectivity index (χ0v) is 9.19. The first kappa shape index (κ1) is 11.6. The van der Waals surface area contributed by atoms with Crippen LogP contribution in [0.2, 0.25) is 0 Å². The molecule has 1 saturated heterocycles. The second-order valence-corrected chi connectivity index (χ2v) is 4.17. The summed E-state index contributed by atoms with van der Waals surface area (Å²) in [6, 6.07) is -0.422. The fraction of sp³-hybridized carbons (Fsp3) is 0.600. The number of likely N-dealkylation sites (tertiary alicyclic amines) is 1. The van der Waals surface area contributed by atoms with Crippen molar-refractivity contribution in [1.29, 1.82) is 0 Å². The summed E-state index contributed by atoms with van der Waals surface area (Å²) >= 11 is 0. The van der Waals surface area contributed by atoms with Gasteiger partial charge in [0.25, 0.3) is 0 Å². The van der Waals surface area contributed by atoms with Crippen molar-refractivity contribution in [2.24, 2.45) is 0 Å². The second kappa shape index (κ2) is 4.52. The lowest BCUT2D eigenvalue weighted by Gasteiger charge is -2.12. The molecule has 0 aromatic carbocycles. The number of amides is 5. The van der Waals surface area contributed by atoms with Crippen LogP contribution in [-0.4, -0.2) is 41.2 Å². The maximum absolute atomic E-state index is 11.4. The molecule has 5 amide bonds.